The van der Waals surface area contributed by atoms with Crippen LogP contribution < -0.4 is 10.2 Å². The number of carboxylic acid groups (broad SMARTS) is 1. The highest BCUT2D eigenvalue weighted by atomic mass is 16.4. The van der Waals surface area contributed by atoms with Crippen LogP contribution in [0.2, 0.25) is 0 Å². The normalized spacial score (nSPS) is 20.7. The molecule has 144 valence electrons. The smallest absolute Gasteiger partial charge is 0.307 e. The van der Waals surface area contributed by atoms with Crippen LogP contribution in [0.4, 0.5) is 17.5 Å². The fourth-order valence-electron chi connectivity index (χ4n) is 3.88. The van der Waals surface area contributed by atoms with E-state index in [-0.39, 0.29) is 5.91 Å². The van der Waals surface area contributed by atoms with Crippen LogP contribution in [0, 0.1) is 11.3 Å². The Labute approximate surface area is 157 Å². The lowest BCUT2D eigenvalue weighted by Crippen LogP contribution is -2.43. The topological polar surface area (TPSA) is 113 Å². The second-order valence-corrected chi connectivity index (χ2v) is 6.78. The molecule has 1 saturated heterocycles. The average molecular weight is 372 g/mol. The third kappa shape index (κ3) is 3.36. The van der Waals surface area contributed by atoms with E-state index in [1.54, 1.807) is 34.2 Å². The lowest BCUT2D eigenvalue weighted by atomic mass is 9.70. The number of aryl methyl sites for hydroxylation is 1. The number of rotatable bonds is 7. The number of nitrogens with one attached hydrogen (secondary N) is 1. The monoisotopic (exact) mass is 372 g/mol. The molecular formula is C18H24N6O3. The number of hydrogen-bond acceptors (Lipinski definition) is 6. The molecule has 3 rings (SSSR count). The van der Waals surface area contributed by atoms with Gasteiger partial charge in [-0.25, -0.2) is 4.98 Å². The van der Waals surface area contributed by atoms with Crippen molar-refractivity contribution in [1.82, 2.24) is 19.7 Å². The van der Waals surface area contributed by atoms with Crippen LogP contribution in [0.25, 0.3) is 0 Å². The van der Waals surface area contributed by atoms with Crippen molar-refractivity contribution >= 4 is 29.3 Å². The molecule has 0 bridgehead atoms. The third-order valence-electron chi connectivity index (χ3n) is 5.34. The van der Waals surface area contributed by atoms with Crippen LogP contribution in [0.3, 0.4) is 0 Å². The zero-order chi connectivity index (χ0) is 19.6. The molecule has 2 unspecified atom stereocenters. The van der Waals surface area contributed by atoms with Crippen LogP contribution in [0.15, 0.2) is 24.7 Å². The van der Waals surface area contributed by atoms with Crippen molar-refractivity contribution < 1.29 is 14.7 Å². The second kappa shape index (κ2) is 7.34. The first-order chi connectivity index (χ1) is 12.9. The second-order valence-electron chi connectivity index (χ2n) is 6.78. The molecule has 0 radical (unpaired) electrons. The summed E-state index contributed by atoms with van der Waals surface area (Å²) in [7, 11) is 1.81. The minimum absolute atomic E-state index is 0.176. The summed E-state index contributed by atoms with van der Waals surface area (Å²) in [5, 5.41) is 16.7. The van der Waals surface area contributed by atoms with Crippen LogP contribution in [-0.2, 0) is 16.6 Å². The molecule has 1 aliphatic heterocycles. The molecule has 2 N–H and O–H groups in total. The first-order valence-electron chi connectivity index (χ1n) is 9.04. The van der Waals surface area contributed by atoms with Gasteiger partial charge in [0.25, 0.3) is 0 Å². The standard InChI is InChI=1S/C18H24N6O3/c1-4-13(15(25)26)18(5-2)7-9-24(16(18)27)14-6-8-19-17(22-14)21-12-10-20-23(3)11-12/h6,8,10-11,13H,4-5,7,9H2,1-3H3,(H,25,26)(H,19,21,22). The fourth-order valence-corrected chi connectivity index (χ4v) is 3.88. The Bertz CT molecular complexity index is 851. The Morgan fingerprint density at radius 1 is 1.44 bits per heavy atom. The Kier molecular flexibility index (Phi) is 5.11. The molecule has 0 aliphatic carbocycles. The predicted molar refractivity (Wildman–Crippen MR) is 99.6 cm³/mol. The van der Waals surface area contributed by atoms with Gasteiger partial charge in [0.1, 0.15) is 5.82 Å². The minimum atomic E-state index is -0.920. The van der Waals surface area contributed by atoms with Crippen molar-refractivity contribution in [3.63, 3.8) is 0 Å². The molecule has 1 amide bonds. The molecule has 9 nitrogen and oxygen atoms in total. The van der Waals surface area contributed by atoms with Crippen LogP contribution in [0.5, 0.6) is 0 Å². The molecule has 0 spiro atoms. The Balaban J connectivity index is 1.86. The van der Waals surface area contributed by atoms with E-state index in [2.05, 4.69) is 20.4 Å². The summed E-state index contributed by atoms with van der Waals surface area (Å²) in [5.41, 5.74) is -0.148. The first kappa shape index (κ1) is 18.8. The van der Waals surface area contributed by atoms with Crippen molar-refractivity contribution in [2.24, 2.45) is 18.4 Å². The Hall–Kier alpha value is -2.97. The molecule has 2 atom stereocenters. The molecule has 2 aromatic heterocycles. The van der Waals surface area contributed by atoms with E-state index in [1.807, 2.05) is 20.9 Å². The van der Waals surface area contributed by atoms with Crippen molar-refractivity contribution in [3.05, 3.63) is 24.7 Å². The van der Waals surface area contributed by atoms with E-state index in [4.69, 9.17) is 0 Å². The molecule has 0 saturated carbocycles. The Morgan fingerprint density at radius 3 is 2.81 bits per heavy atom. The minimum Gasteiger partial charge on any atom is -0.481 e. The molecule has 2 aromatic rings. The highest BCUT2D eigenvalue weighted by molar-refractivity contribution is 6.01. The highest BCUT2D eigenvalue weighted by Crippen LogP contribution is 2.45. The zero-order valence-electron chi connectivity index (χ0n) is 15.7. The summed E-state index contributed by atoms with van der Waals surface area (Å²) >= 11 is 0. The van der Waals surface area contributed by atoms with E-state index in [0.717, 1.165) is 5.69 Å². The SMILES string of the molecule is CCC(C(=O)O)C1(CC)CCN(c2ccnc(Nc3cnn(C)c3)n2)C1=O. The number of aliphatic carboxylic acids is 1. The number of carboxylic acids is 1. The molecule has 1 fully saturated rings. The number of carbonyl (C=O) groups excluding carboxylic acids is 1. The summed E-state index contributed by atoms with van der Waals surface area (Å²) in [4.78, 5) is 35.1. The van der Waals surface area contributed by atoms with Gasteiger partial charge >= 0.3 is 5.97 Å². The predicted octanol–water partition coefficient (Wildman–Crippen LogP) is 2.20. The van der Waals surface area contributed by atoms with Gasteiger partial charge < -0.3 is 10.4 Å². The van der Waals surface area contributed by atoms with Gasteiger partial charge in [0.2, 0.25) is 11.9 Å². The molecule has 0 aromatic carbocycles. The lowest BCUT2D eigenvalue weighted by Gasteiger charge is -2.31. The van der Waals surface area contributed by atoms with Gasteiger partial charge in [0, 0.05) is 26.0 Å². The number of hydrogen-bond donors (Lipinski definition) is 2. The largest absolute Gasteiger partial charge is 0.481 e. The van der Waals surface area contributed by atoms with E-state index < -0.39 is 17.3 Å². The van der Waals surface area contributed by atoms with E-state index in [0.29, 0.717) is 37.6 Å². The number of nitrogens with zero attached hydrogens (tertiary/aromatic N) is 5. The van der Waals surface area contributed by atoms with Gasteiger partial charge in [-0.2, -0.15) is 10.1 Å². The molecule has 9 heteroatoms. The van der Waals surface area contributed by atoms with E-state index >= 15 is 0 Å². The number of aromatic nitrogens is 4. The van der Waals surface area contributed by atoms with Gasteiger partial charge in [-0.3, -0.25) is 19.2 Å². The van der Waals surface area contributed by atoms with Crippen molar-refractivity contribution in [1.29, 1.82) is 0 Å². The lowest BCUT2D eigenvalue weighted by molar-refractivity contribution is -0.151. The van der Waals surface area contributed by atoms with Crippen molar-refractivity contribution in [3.8, 4) is 0 Å². The van der Waals surface area contributed by atoms with Gasteiger partial charge in [0.15, 0.2) is 0 Å². The molecule has 3 heterocycles. The Morgan fingerprint density at radius 2 is 2.22 bits per heavy atom. The number of anilines is 3. The zero-order valence-corrected chi connectivity index (χ0v) is 15.7. The average Bonchev–Trinajstić information content (AvgIpc) is 3.19. The van der Waals surface area contributed by atoms with Gasteiger partial charge in [-0.05, 0) is 25.3 Å². The maximum atomic E-state index is 13.2. The van der Waals surface area contributed by atoms with E-state index in [1.165, 1.54) is 0 Å². The summed E-state index contributed by atoms with van der Waals surface area (Å²) < 4.78 is 1.66. The summed E-state index contributed by atoms with van der Waals surface area (Å²) in [6.07, 6.45) is 6.42. The van der Waals surface area contributed by atoms with Gasteiger partial charge in [-0.15, -0.1) is 0 Å². The van der Waals surface area contributed by atoms with Gasteiger partial charge in [-0.1, -0.05) is 13.8 Å². The van der Waals surface area contributed by atoms with Crippen LogP contribution in [0.1, 0.15) is 33.1 Å². The van der Waals surface area contributed by atoms with Crippen molar-refractivity contribution in [2.45, 2.75) is 33.1 Å². The third-order valence-corrected chi connectivity index (χ3v) is 5.34. The first-order valence-corrected chi connectivity index (χ1v) is 9.04. The highest BCUT2D eigenvalue weighted by Gasteiger charge is 2.53. The van der Waals surface area contributed by atoms with E-state index in [9.17, 15) is 14.7 Å². The van der Waals surface area contributed by atoms with Crippen molar-refractivity contribution in [2.75, 3.05) is 16.8 Å². The molecule has 1 aliphatic rings. The molecule has 27 heavy (non-hydrogen) atoms. The summed E-state index contributed by atoms with van der Waals surface area (Å²) in [6.45, 7) is 4.13. The maximum absolute atomic E-state index is 13.2. The maximum Gasteiger partial charge on any atom is 0.307 e. The summed E-state index contributed by atoms with van der Waals surface area (Å²) in [5.74, 6) is -0.971. The van der Waals surface area contributed by atoms with Gasteiger partial charge in [0.05, 0.1) is 23.2 Å². The summed E-state index contributed by atoms with van der Waals surface area (Å²) in [6, 6.07) is 1.67. The van der Waals surface area contributed by atoms with Crippen LogP contribution in [-0.4, -0.2) is 43.3 Å². The number of carbonyl (C=O) groups is 2. The quantitative estimate of drug-likeness (QED) is 0.766. The number of amides is 1. The van der Waals surface area contributed by atoms with Crippen LogP contribution >= 0.6 is 0 Å². The molecular weight excluding hydrogens is 348 g/mol. The fraction of sp³-hybridized carbons (Fsp3) is 0.500.